The molecule has 0 spiro atoms. The number of nitrogens with zero attached hydrogens (tertiary/aromatic N) is 3. The maximum Gasteiger partial charge on any atom is 0.291 e. The van der Waals surface area contributed by atoms with Gasteiger partial charge in [0.1, 0.15) is 0 Å². The fraction of sp³-hybridized carbons (Fsp3) is 0.211. The first kappa shape index (κ1) is 16.8. The first-order chi connectivity index (χ1) is 15.7. The van der Waals surface area contributed by atoms with Gasteiger partial charge in [0, 0.05) is 38.1 Å². The second-order valence-electron chi connectivity index (χ2n) is 5.28. The lowest BCUT2D eigenvalue weighted by Gasteiger charge is -2.19. The predicted octanol–water partition coefficient (Wildman–Crippen LogP) is 6.29. The molecule has 0 radical (unpaired) electrons. The number of aryl methyl sites for hydroxylation is 1. The molecule has 0 saturated heterocycles. The van der Waals surface area contributed by atoms with Gasteiger partial charge in [0.15, 0.2) is 0 Å². The molecule has 1 N–H and O–H groups in total. The van der Waals surface area contributed by atoms with Gasteiger partial charge in [0.2, 0.25) is 0 Å². The highest BCUT2D eigenvalue weighted by Crippen LogP contribution is 2.38. The van der Waals surface area contributed by atoms with Gasteiger partial charge in [0.05, 0.1) is 19.1 Å². The van der Waals surface area contributed by atoms with Crippen LogP contribution in [0.5, 0.6) is 0 Å². The summed E-state index contributed by atoms with van der Waals surface area (Å²) in [5, 5.41) is 12.2. The van der Waals surface area contributed by atoms with Crippen molar-refractivity contribution in [2.24, 2.45) is 0 Å². The van der Waals surface area contributed by atoms with Gasteiger partial charge in [-0.2, -0.15) is 0 Å². The number of thioether (sulfide) groups is 1. The summed E-state index contributed by atoms with van der Waals surface area (Å²) in [7, 11) is 0. The Balaban J connectivity index is 0.000000945. The van der Waals surface area contributed by atoms with E-state index in [0.29, 0.717) is 22.3 Å². The lowest BCUT2D eigenvalue weighted by Crippen LogP contribution is -2.13. The molecule has 2 aromatic carbocycles. The third-order valence-corrected chi connectivity index (χ3v) is 5.41. The molecule has 0 saturated carbocycles. The summed E-state index contributed by atoms with van der Waals surface area (Å²) in [6, 6.07) is 11.3. The minimum atomic E-state index is -2.51. The molecule has 1 atom stereocenters. The summed E-state index contributed by atoms with van der Waals surface area (Å²) in [5.41, 5.74) is 0.577. The van der Waals surface area contributed by atoms with Gasteiger partial charge in [-0.1, -0.05) is 53.0 Å². The van der Waals surface area contributed by atoms with Crippen molar-refractivity contribution in [3.8, 4) is 0 Å². The molecule has 3 rings (SSSR count). The summed E-state index contributed by atoms with van der Waals surface area (Å²) in [4.78, 5) is 12.5. The Morgan fingerprint density at radius 3 is 2.41 bits per heavy atom. The number of rotatable bonds is 7. The number of benzene rings is 2. The SMILES string of the molecule is O=[N+]([O-])O.[2H]C([2H])(Cc1ccc(Cl)cc1)C([2H])(Sc1c(Cl)cccc1Cl)C([2H])([2H])n1ccnc1. The molecule has 1 unspecified atom stereocenters. The summed E-state index contributed by atoms with van der Waals surface area (Å²) < 4.78 is 45.2. The Morgan fingerprint density at radius 1 is 1.24 bits per heavy atom. The molecule has 6 nitrogen and oxygen atoms in total. The second-order valence-corrected chi connectivity index (χ2v) is 7.55. The van der Waals surface area contributed by atoms with Crippen molar-refractivity contribution in [1.82, 2.24) is 9.55 Å². The zero-order valence-electron chi connectivity index (χ0n) is 19.6. The number of aromatic nitrogens is 2. The molecule has 0 aliphatic carbocycles. The molecule has 0 aliphatic heterocycles. The molecule has 0 amide bonds. The van der Waals surface area contributed by atoms with Gasteiger partial charge in [0.25, 0.3) is 5.09 Å². The molecule has 29 heavy (non-hydrogen) atoms. The molecule has 1 aromatic heterocycles. The summed E-state index contributed by atoms with van der Waals surface area (Å²) >= 11 is 19.1. The van der Waals surface area contributed by atoms with Gasteiger partial charge in [-0.3, -0.25) is 0 Å². The lowest BCUT2D eigenvalue weighted by molar-refractivity contribution is -0.742. The van der Waals surface area contributed by atoms with Crippen molar-refractivity contribution in [2.75, 3.05) is 0 Å². The Bertz CT molecular complexity index is 1100. The van der Waals surface area contributed by atoms with Crippen LogP contribution in [0.1, 0.15) is 18.8 Å². The monoisotopic (exact) mass is 478 g/mol. The Hall–Kier alpha value is -1.93. The highest BCUT2D eigenvalue weighted by Gasteiger charge is 2.16. The third kappa shape index (κ3) is 8.53. The van der Waals surface area contributed by atoms with Crippen LogP contribution in [0, 0.1) is 10.1 Å². The van der Waals surface area contributed by atoms with Crippen LogP contribution in [-0.2, 0) is 12.9 Å². The van der Waals surface area contributed by atoms with Crippen LogP contribution < -0.4 is 0 Å². The fourth-order valence-corrected chi connectivity index (χ4v) is 3.59. The predicted molar refractivity (Wildman–Crippen MR) is 117 cm³/mol. The fourth-order valence-electron chi connectivity index (χ4n) is 2.01. The highest BCUT2D eigenvalue weighted by molar-refractivity contribution is 8.00. The van der Waals surface area contributed by atoms with E-state index < -0.39 is 23.2 Å². The van der Waals surface area contributed by atoms with Crippen LogP contribution in [-0.4, -0.2) is 25.1 Å². The third-order valence-electron chi connectivity index (χ3n) is 3.22. The number of hydrogen-bond acceptors (Lipinski definition) is 4. The maximum atomic E-state index is 9.15. The molecule has 154 valence electrons. The second kappa shape index (κ2) is 11.9. The minimum absolute atomic E-state index is 0.216. The van der Waals surface area contributed by atoms with Crippen LogP contribution in [0.25, 0.3) is 0 Å². The molecule has 3 aromatic rings. The minimum Gasteiger partial charge on any atom is -0.336 e. The van der Waals surface area contributed by atoms with E-state index in [2.05, 4.69) is 4.98 Å². The Kier molecular flexibility index (Phi) is 6.92. The molecule has 10 heteroatoms. The summed E-state index contributed by atoms with van der Waals surface area (Å²) in [5.74, 6) is 0. The normalized spacial score (nSPS) is 16.0. The molecular weight excluding hydrogens is 457 g/mol. The number of hydrogen-bond donors (Lipinski definition) is 1. The molecule has 0 bridgehead atoms. The zero-order chi connectivity index (χ0) is 25.7. The average molecular weight is 480 g/mol. The quantitative estimate of drug-likeness (QED) is 0.245. The van der Waals surface area contributed by atoms with Crippen LogP contribution in [0.2, 0.25) is 15.1 Å². The Labute approximate surface area is 194 Å². The number of halogens is 3. The van der Waals surface area contributed by atoms with Crippen LogP contribution >= 0.6 is 46.6 Å². The average Bonchev–Trinajstić information content (AvgIpc) is 3.27. The maximum absolute atomic E-state index is 9.15. The summed E-state index contributed by atoms with van der Waals surface area (Å²) in [6.45, 7) is -2.51. The molecular formula is C19H18Cl3N3O3S. The molecule has 0 fully saturated rings. The van der Waals surface area contributed by atoms with Gasteiger partial charge in [-0.25, -0.2) is 4.98 Å². The van der Waals surface area contributed by atoms with E-state index in [1.807, 2.05) is 0 Å². The van der Waals surface area contributed by atoms with Gasteiger partial charge >= 0.3 is 0 Å². The summed E-state index contributed by atoms with van der Waals surface area (Å²) in [6.07, 6.45) is 1.37. The van der Waals surface area contributed by atoms with Crippen molar-refractivity contribution in [2.45, 2.75) is 29.4 Å². The van der Waals surface area contributed by atoms with Crippen LogP contribution in [0.4, 0.5) is 0 Å². The van der Waals surface area contributed by atoms with Crippen molar-refractivity contribution < 1.29 is 17.1 Å². The van der Waals surface area contributed by atoms with Gasteiger partial charge in [-0.15, -0.1) is 21.9 Å². The largest absolute Gasteiger partial charge is 0.336 e. The first-order valence-corrected chi connectivity index (χ1v) is 9.85. The molecule has 1 heterocycles. The Morgan fingerprint density at radius 2 is 1.86 bits per heavy atom. The van der Waals surface area contributed by atoms with E-state index in [4.69, 9.17) is 57.0 Å². The van der Waals surface area contributed by atoms with Crippen LogP contribution in [0.15, 0.2) is 66.1 Å². The van der Waals surface area contributed by atoms with E-state index in [-0.39, 0.29) is 21.4 Å². The number of imidazole rings is 1. The van der Waals surface area contributed by atoms with E-state index in [0.717, 1.165) is 4.57 Å². The first-order valence-electron chi connectivity index (χ1n) is 10.4. The smallest absolute Gasteiger partial charge is 0.291 e. The van der Waals surface area contributed by atoms with Crippen molar-refractivity contribution in [3.63, 3.8) is 0 Å². The van der Waals surface area contributed by atoms with Crippen molar-refractivity contribution in [1.29, 1.82) is 0 Å². The van der Waals surface area contributed by atoms with E-state index in [9.17, 15) is 0 Å². The lowest BCUT2D eigenvalue weighted by atomic mass is 10.1. The molecule has 0 aliphatic rings. The van der Waals surface area contributed by atoms with Crippen molar-refractivity contribution >= 4 is 46.6 Å². The highest BCUT2D eigenvalue weighted by atomic mass is 35.5. The van der Waals surface area contributed by atoms with Crippen LogP contribution in [0.3, 0.4) is 0 Å². The van der Waals surface area contributed by atoms with Crippen molar-refractivity contribution in [3.05, 3.63) is 91.9 Å². The van der Waals surface area contributed by atoms with Gasteiger partial charge in [-0.05, 0) is 42.6 Å². The van der Waals surface area contributed by atoms with Gasteiger partial charge < -0.3 is 9.77 Å². The van der Waals surface area contributed by atoms with E-state index in [1.54, 1.807) is 42.5 Å². The standard InChI is InChI=1S/C19H17Cl3N2S.HNO3/c20-15-7-4-14(5-8-15)6-9-16(12-24-11-10-23-13-24)25-19-17(21)2-1-3-18(19)22;2-1(3)4/h1-5,7-8,10-11,13,16H,6,9,12H2;(H,2,3,4)/i9D2,12D2,16D;. The zero-order valence-corrected chi connectivity index (χ0v) is 17.7. The van der Waals surface area contributed by atoms with E-state index in [1.165, 1.54) is 18.7 Å². The van der Waals surface area contributed by atoms with E-state index >= 15 is 0 Å². The topological polar surface area (TPSA) is 81.2 Å².